The van der Waals surface area contributed by atoms with Gasteiger partial charge in [0, 0.05) is 12.1 Å². The van der Waals surface area contributed by atoms with Crippen LogP contribution in [0.5, 0.6) is 0 Å². The van der Waals surface area contributed by atoms with Crippen molar-refractivity contribution in [3.05, 3.63) is 35.4 Å². The van der Waals surface area contributed by atoms with Crippen molar-refractivity contribution in [3.8, 4) is 11.8 Å². The first-order valence-corrected chi connectivity index (χ1v) is 7.17. The average Bonchev–Trinajstić information content (AvgIpc) is 2.35. The van der Waals surface area contributed by atoms with E-state index in [9.17, 15) is 8.42 Å². The molecule has 2 N–H and O–H groups in total. The second kappa shape index (κ2) is 6.55. The van der Waals surface area contributed by atoms with Crippen LogP contribution in [0.4, 0.5) is 0 Å². The maximum absolute atomic E-state index is 11.6. The van der Waals surface area contributed by atoms with Crippen LogP contribution in [0.25, 0.3) is 0 Å². The van der Waals surface area contributed by atoms with E-state index in [0.717, 1.165) is 11.1 Å². The molecule has 0 amide bonds. The van der Waals surface area contributed by atoms with Crippen molar-refractivity contribution in [2.45, 2.75) is 25.6 Å². The lowest BCUT2D eigenvalue weighted by Gasteiger charge is -2.09. The molecule has 18 heavy (non-hydrogen) atoms. The Bertz CT molecular complexity index is 536. The van der Waals surface area contributed by atoms with Crippen molar-refractivity contribution >= 4 is 10.0 Å². The van der Waals surface area contributed by atoms with Crippen LogP contribution in [-0.2, 0) is 16.6 Å². The SMILES string of the molecule is CC(C)S(=O)(=O)NCc1ccc(C#CCO)cc1. The molecule has 0 aliphatic rings. The Morgan fingerprint density at radius 2 is 1.89 bits per heavy atom. The van der Waals surface area contributed by atoms with E-state index < -0.39 is 15.3 Å². The van der Waals surface area contributed by atoms with Crippen molar-refractivity contribution in [1.82, 2.24) is 4.72 Å². The molecule has 0 aromatic heterocycles. The minimum Gasteiger partial charge on any atom is -0.384 e. The van der Waals surface area contributed by atoms with E-state index in [4.69, 9.17) is 5.11 Å². The van der Waals surface area contributed by atoms with Gasteiger partial charge in [-0.1, -0.05) is 24.0 Å². The third kappa shape index (κ3) is 4.49. The smallest absolute Gasteiger partial charge is 0.214 e. The molecular weight excluding hydrogens is 250 g/mol. The number of hydrogen-bond donors (Lipinski definition) is 2. The second-order valence-corrected chi connectivity index (χ2v) is 6.39. The maximum atomic E-state index is 11.6. The van der Waals surface area contributed by atoms with Crippen LogP contribution < -0.4 is 4.72 Å². The van der Waals surface area contributed by atoms with E-state index in [1.165, 1.54) is 0 Å². The number of nitrogens with one attached hydrogen (secondary N) is 1. The van der Waals surface area contributed by atoms with Crippen molar-refractivity contribution in [2.24, 2.45) is 0 Å². The van der Waals surface area contributed by atoms with Crippen LogP contribution in [0.3, 0.4) is 0 Å². The van der Waals surface area contributed by atoms with Crippen LogP contribution in [0, 0.1) is 11.8 Å². The highest BCUT2D eigenvalue weighted by Gasteiger charge is 2.14. The number of hydrogen-bond acceptors (Lipinski definition) is 3. The Morgan fingerprint density at radius 3 is 2.39 bits per heavy atom. The zero-order valence-electron chi connectivity index (χ0n) is 10.5. The Hall–Kier alpha value is -1.35. The molecule has 0 aliphatic carbocycles. The lowest BCUT2D eigenvalue weighted by molar-refractivity contribution is 0.350. The fraction of sp³-hybridized carbons (Fsp3) is 0.385. The molecule has 0 atom stereocenters. The van der Waals surface area contributed by atoms with Crippen LogP contribution >= 0.6 is 0 Å². The maximum Gasteiger partial charge on any atom is 0.214 e. The summed E-state index contributed by atoms with van der Waals surface area (Å²) in [7, 11) is -3.23. The molecule has 1 aromatic rings. The summed E-state index contributed by atoms with van der Waals surface area (Å²) in [5.41, 5.74) is 1.66. The number of benzene rings is 1. The minimum absolute atomic E-state index is 0.171. The number of aliphatic hydroxyl groups is 1. The zero-order valence-corrected chi connectivity index (χ0v) is 11.3. The lowest BCUT2D eigenvalue weighted by atomic mass is 10.1. The van der Waals surface area contributed by atoms with Gasteiger partial charge in [0.2, 0.25) is 10.0 Å². The van der Waals surface area contributed by atoms with Crippen molar-refractivity contribution in [2.75, 3.05) is 6.61 Å². The second-order valence-electron chi connectivity index (χ2n) is 4.07. The summed E-state index contributed by atoms with van der Waals surface area (Å²) in [5.74, 6) is 5.32. The summed E-state index contributed by atoms with van der Waals surface area (Å²) < 4.78 is 25.6. The van der Waals surface area contributed by atoms with Crippen molar-refractivity contribution in [1.29, 1.82) is 0 Å². The van der Waals surface area contributed by atoms with Gasteiger partial charge in [-0.25, -0.2) is 13.1 Å². The van der Waals surface area contributed by atoms with Gasteiger partial charge < -0.3 is 5.11 Å². The molecule has 5 heteroatoms. The first-order chi connectivity index (χ1) is 8.45. The zero-order chi connectivity index (χ0) is 13.6. The van der Waals surface area contributed by atoms with E-state index in [1.807, 2.05) is 12.1 Å². The van der Waals surface area contributed by atoms with Crippen molar-refractivity contribution < 1.29 is 13.5 Å². The van der Waals surface area contributed by atoms with Crippen LogP contribution in [0.15, 0.2) is 24.3 Å². The van der Waals surface area contributed by atoms with Gasteiger partial charge in [0.25, 0.3) is 0 Å². The van der Waals surface area contributed by atoms with Crippen LogP contribution in [0.2, 0.25) is 0 Å². The topological polar surface area (TPSA) is 66.4 Å². The molecule has 98 valence electrons. The molecule has 0 spiro atoms. The average molecular weight is 267 g/mol. The number of aliphatic hydroxyl groups excluding tert-OH is 1. The molecule has 1 aromatic carbocycles. The largest absolute Gasteiger partial charge is 0.384 e. The number of rotatable bonds is 4. The minimum atomic E-state index is -3.23. The van der Waals surface area contributed by atoms with E-state index in [1.54, 1.807) is 26.0 Å². The monoisotopic (exact) mass is 267 g/mol. The first kappa shape index (κ1) is 14.7. The summed E-state index contributed by atoms with van der Waals surface area (Å²) in [6.07, 6.45) is 0. The molecule has 0 aliphatic heterocycles. The van der Waals surface area contributed by atoms with Crippen molar-refractivity contribution in [3.63, 3.8) is 0 Å². The van der Waals surface area contributed by atoms with E-state index in [0.29, 0.717) is 0 Å². The molecule has 0 unspecified atom stereocenters. The quantitative estimate of drug-likeness (QED) is 0.795. The van der Waals surface area contributed by atoms with Gasteiger partial charge in [-0.05, 0) is 31.5 Å². The highest BCUT2D eigenvalue weighted by molar-refractivity contribution is 7.90. The first-order valence-electron chi connectivity index (χ1n) is 5.63. The van der Waals surface area contributed by atoms with Gasteiger partial charge in [-0.3, -0.25) is 0 Å². The van der Waals surface area contributed by atoms with E-state index in [2.05, 4.69) is 16.6 Å². The molecule has 0 fully saturated rings. The van der Waals surface area contributed by atoms with Crippen LogP contribution in [0.1, 0.15) is 25.0 Å². The Morgan fingerprint density at radius 1 is 1.28 bits per heavy atom. The molecular formula is C13H17NO3S. The normalized spacial score (nSPS) is 11.1. The van der Waals surface area contributed by atoms with Gasteiger partial charge in [0.05, 0.1) is 5.25 Å². The molecule has 4 nitrogen and oxygen atoms in total. The summed E-state index contributed by atoms with van der Waals surface area (Å²) in [4.78, 5) is 0. The lowest BCUT2D eigenvalue weighted by Crippen LogP contribution is -2.30. The number of sulfonamides is 1. The van der Waals surface area contributed by atoms with Gasteiger partial charge in [-0.15, -0.1) is 0 Å². The predicted octanol–water partition coefficient (Wildman–Crippen LogP) is 0.858. The molecule has 0 bridgehead atoms. The van der Waals surface area contributed by atoms with Gasteiger partial charge in [0.1, 0.15) is 6.61 Å². The predicted molar refractivity (Wildman–Crippen MR) is 71.3 cm³/mol. The standard InChI is InChI=1S/C13H17NO3S/c1-11(2)18(16,17)14-10-13-7-5-12(6-8-13)4-3-9-15/h5-8,11,14-15H,9-10H2,1-2H3. The van der Waals surface area contributed by atoms with E-state index >= 15 is 0 Å². The van der Waals surface area contributed by atoms with Gasteiger partial charge >= 0.3 is 0 Å². The Balaban J connectivity index is 2.65. The molecule has 0 radical (unpaired) electrons. The third-order valence-corrected chi connectivity index (χ3v) is 4.15. The molecule has 1 rings (SSSR count). The fourth-order valence-corrected chi connectivity index (χ4v) is 1.90. The molecule has 0 heterocycles. The van der Waals surface area contributed by atoms with Crippen LogP contribution in [-0.4, -0.2) is 25.4 Å². The van der Waals surface area contributed by atoms with Gasteiger partial charge in [-0.2, -0.15) is 0 Å². The molecule has 0 saturated heterocycles. The third-order valence-electron chi connectivity index (χ3n) is 2.36. The van der Waals surface area contributed by atoms with Gasteiger partial charge in [0.15, 0.2) is 0 Å². The summed E-state index contributed by atoms with van der Waals surface area (Å²) in [5, 5.41) is 8.12. The van der Waals surface area contributed by atoms with E-state index in [-0.39, 0.29) is 13.2 Å². The highest BCUT2D eigenvalue weighted by Crippen LogP contribution is 2.05. The summed E-state index contributed by atoms with van der Waals surface area (Å²) >= 11 is 0. The summed E-state index contributed by atoms with van der Waals surface area (Å²) in [6, 6.07) is 7.21. The Kier molecular flexibility index (Phi) is 5.35. The highest BCUT2D eigenvalue weighted by atomic mass is 32.2. The Labute approximate surface area is 108 Å². The molecule has 0 saturated carbocycles. The fourth-order valence-electron chi connectivity index (χ4n) is 1.20. The summed E-state index contributed by atoms with van der Waals surface area (Å²) in [6.45, 7) is 3.37.